The first kappa shape index (κ1) is 15.7. The molecule has 0 aliphatic carbocycles. The summed E-state index contributed by atoms with van der Waals surface area (Å²) in [5, 5.41) is 0. The molecule has 1 aliphatic heterocycles. The summed E-state index contributed by atoms with van der Waals surface area (Å²) in [5.74, 6) is -0.188. The van der Waals surface area contributed by atoms with Crippen LogP contribution >= 0.6 is 0 Å². The number of hydrogen-bond donors (Lipinski definition) is 0. The van der Waals surface area contributed by atoms with Crippen molar-refractivity contribution in [1.29, 1.82) is 0 Å². The highest BCUT2D eigenvalue weighted by atomic mass is 19.4. The van der Waals surface area contributed by atoms with Crippen molar-refractivity contribution in [2.24, 2.45) is 0 Å². The second-order valence-corrected chi connectivity index (χ2v) is 5.98. The van der Waals surface area contributed by atoms with Crippen molar-refractivity contribution in [3.8, 4) is 11.3 Å². The highest BCUT2D eigenvalue weighted by Crippen LogP contribution is 2.35. The minimum atomic E-state index is -4.57. The summed E-state index contributed by atoms with van der Waals surface area (Å²) in [6.45, 7) is 2.48. The van der Waals surface area contributed by atoms with Gasteiger partial charge in [-0.2, -0.15) is 13.2 Å². The zero-order valence-corrected chi connectivity index (χ0v) is 13.1. The summed E-state index contributed by atoms with van der Waals surface area (Å²) in [7, 11) is 0. The Kier molecular flexibility index (Phi) is 3.34. The van der Waals surface area contributed by atoms with Crippen molar-refractivity contribution in [3.63, 3.8) is 0 Å². The molecule has 1 saturated heterocycles. The molecule has 0 saturated carbocycles. The van der Waals surface area contributed by atoms with E-state index in [1.807, 2.05) is 6.92 Å². The third kappa shape index (κ3) is 2.46. The number of carbonyl (C=O) groups is 1. The van der Waals surface area contributed by atoms with Gasteiger partial charge in [0, 0.05) is 18.8 Å². The molecular formula is C16H13F3N4O2. The molecule has 1 unspecified atom stereocenters. The van der Waals surface area contributed by atoms with Crippen LogP contribution in [0, 0.1) is 0 Å². The highest BCUT2D eigenvalue weighted by molar-refractivity contribution is 5.95. The quantitative estimate of drug-likeness (QED) is 0.712. The summed E-state index contributed by atoms with van der Waals surface area (Å²) >= 11 is 0. The van der Waals surface area contributed by atoms with Gasteiger partial charge >= 0.3 is 6.18 Å². The van der Waals surface area contributed by atoms with Crippen molar-refractivity contribution >= 4 is 11.6 Å². The average Bonchev–Trinajstić information content (AvgIpc) is 3.20. The normalized spacial score (nSPS) is 17.8. The van der Waals surface area contributed by atoms with Crippen LogP contribution in [-0.4, -0.2) is 37.8 Å². The van der Waals surface area contributed by atoms with Gasteiger partial charge < -0.3 is 9.32 Å². The summed E-state index contributed by atoms with van der Waals surface area (Å²) in [6, 6.07) is 1.01. The third-order valence-corrected chi connectivity index (χ3v) is 4.43. The lowest BCUT2D eigenvalue weighted by molar-refractivity contribution is -0.137. The van der Waals surface area contributed by atoms with Gasteiger partial charge in [0.05, 0.1) is 23.5 Å². The molecule has 3 aromatic rings. The number of carbonyl (C=O) groups excluding carboxylic acids is 1. The number of alkyl halides is 3. The average molecular weight is 350 g/mol. The van der Waals surface area contributed by atoms with E-state index in [-0.39, 0.29) is 34.6 Å². The van der Waals surface area contributed by atoms with Crippen molar-refractivity contribution in [2.75, 3.05) is 6.54 Å². The van der Waals surface area contributed by atoms with Crippen molar-refractivity contribution in [2.45, 2.75) is 25.6 Å². The molecule has 3 aromatic heterocycles. The van der Waals surface area contributed by atoms with Crippen LogP contribution in [0.3, 0.4) is 0 Å². The van der Waals surface area contributed by atoms with Crippen LogP contribution < -0.4 is 0 Å². The van der Waals surface area contributed by atoms with Crippen LogP contribution in [0.1, 0.15) is 29.4 Å². The van der Waals surface area contributed by atoms with Crippen LogP contribution in [0.2, 0.25) is 0 Å². The standard InChI is InChI=1S/C16H13F3N4O2/c1-9-2-3-22(9)15(24)12-5-21-14-11(13-6-20-8-25-13)4-10(7-23(12)14)16(17,18)19/h4-9H,2-3H2,1H3. The van der Waals surface area contributed by atoms with E-state index in [4.69, 9.17) is 4.42 Å². The molecule has 0 N–H and O–H groups in total. The van der Waals surface area contributed by atoms with E-state index in [2.05, 4.69) is 9.97 Å². The molecule has 1 fully saturated rings. The Labute approximate surface area is 139 Å². The molecule has 1 atom stereocenters. The van der Waals surface area contributed by atoms with Gasteiger partial charge in [0.25, 0.3) is 5.91 Å². The fraction of sp³-hybridized carbons (Fsp3) is 0.312. The number of halogens is 3. The van der Waals surface area contributed by atoms with Crippen molar-refractivity contribution in [1.82, 2.24) is 19.3 Å². The van der Waals surface area contributed by atoms with Crippen LogP contribution in [0.15, 0.2) is 35.5 Å². The van der Waals surface area contributed by atoms with Crippen LogP contribution in [0.25, 0.3) is 17.0 Å². The molecule has 1 aliphatic rings. The van der Waals surface area contributed by atoms with Crippen LogP contribution in [-0.2, 0) is 6.18 Å². The molecular weight excluding hydrogens is 337 g/mol. The first-order valence-corrected chi connectivity index (χ1v) is 7.64. The van der Waals surface area contributed by atoms with Crippen LogP contribution in [0.4, 0.5) is 13.2 Å². The molecule has 4 heterocycles. The van der Waals surface area contributed by atoms with Crippen LogP contribution in [0.5, 0.6) is 0 Å². The Balaban J connectivity index is 1.92. The summed E-state index contributed by atoms with van der Waals surface area (Å²) in [6.07, 6.45) is 0.922. The zero-order valence-electron chi connectivity index (χ0n) is 13.1. The molecule has 0 radical (unpaired) electrons. The van der Waals surface area contributed by atoms with E-state index in [0.29, 0.717) is 6.54 Å². The smallest absolute Gasteiger partial charge is 0.417 e. The second-order valence-electron chi connectivity index (χ2n) is 5.98. The van der Waals surface area contributed by atoms with E-state index >= 15 is 0 Å². The Morgan fingerprint density at radius 2 is 2.16 bits per heavy atom. The fourth-order valence-corrected chi connectivity index (χ4v) is 2.90. The summed E-state index contributed by atoms with van der Waals surface area (Å²) in [4.78, 5) is 22.1. The summed E-state index contributed by atoms with van der Waals surface area (Å²) in [5.41, 5.74) is -0.465. The van der Waals surface area contributed by atoms with Gasteiger partial charge in [-0.25, -0.2) is 9.97 Å². The van der Waals surface area contributed by atoms with Gasteiger partial charge in [-0.05, 0) is 19.4 Å². The Hall–Kier alpha value is -2.84. The number of likely N-dealkylation sites (tertiary alicyclic amines) is 1. The lowest BCUT2D eigenvalue weighted by Gasteiger charge is -2.38. The maximum absolute atomic E-state index is 13.3. The van der Waals surface area contributed by atoms with Gasteiger partial charge in [-0.15, -0.1) is 0 Å². The van der Waals surface area contributed by atoms with E-state index < -0.39 is 11.7 Å². The van der Waals surface area contributed by atoms with Gasteiger partial charge in [0.2, 0.25) is 0 Å². The SMILES string of the molecule is CC1CCN1C(=O)c1cnc2c(-c3cnco3)cc(C(F)(F)F)cn12. The predicted molar refractivity (Wildman–Crippen MR) is 80.8 cm³/mol. The zero-order chi connectivity index (χ0) is 17.8. The topological polar surface area (TPSA) is 63.6 Å². The predicted octanol–water partition coefficient (Wildman–Crippen LogP) is 3.24. The van der Waals surface area contributed by atoms with Gasteiger partial charge in [-0.3, -0.25) is 9.20 Å². The van der Waals surface area contributed by atoms with Gasteiger partial charge in [0.15, 0.2) is 12.2 Å². The number of imidazole rings is 1. The highest BCUT2D eigenvalue weighted by Gasteiger charge is 2.35. The van der Waals surface area contributed by atoms with E-state index in [1.165, 1.54) is 16.8 Å². The van der Waals surface area contributed by atoms with E-state index in [1.54, 1.807) is 4.90 Å². The minimum Gasteiger partial charge on any atom is -0.443 e. The van der Waals surface area contributed by atoms with E-state index in [9.17, 15) is 18.0 Å². The number of fused-ring (bicyclic) bond motifs is 1. The maximum Gasteiger partial charge on any atom is 0.417 e. The lowest BCUT2D eigenvalue weighted by Crippen LogP contribution is -2.49. The number of amides is 1. The molecule has 0 aromatic carbocycles. The maximum atomic E-state index is 13.3. The number of aromatic nitrogens is 3. The fourth-order valence-electron chi connectivity index (χ4n) is 2.90. The number of hydrogen-bond acceptors (Lipinski definition) is 4. The molecule has 4 rings (SSSR count). The number of oxazole rings is 1. The number of nitrogens with zero attached hydrogens (tertiary/aromatic N) is 4. The molecule has 9 heteroatoms. The van der Waals surface area contributed by atoms with Gasteiger partial charge in [0.1, 0.15) is 11.3 Å². The molecule has 0 bridgehead atoms. The Bertz CT molecular complexity index is 946. The third-order valence-electron chi connectivity index (χ3n) is 4.43. The van der Waals surface area contributed by atoms with E-state index in [0.717, 1.165) is 25.1 Å². The Morgan fingerprint density at radius 3 is 2.72 bits per heavy atom. The second kappa shape index (κ2) is 5.33. The molecule has 130 valence electrons. The lowest BCUT2D eigenvalue weighted by atomic mass is 10.1. The van der Waals surface area contributed by atoms with Gasteiger partial charge in [-0.1, -0.05) is 0 Å². The summed E-state index contributed by atoms with van der Waals surface area (Å²) < 4.78 is 46.2. The number of pyridine rings is 1. The molecule has 0 spiro atoms. The van der Waals surface area contributed by atoms with Crippen molar-refractivity contribution < 1.29 is 22.4 Å². The molecule has 6 nitrogen and oxygen atoms in total. The minimum absolute atomic E-state index is 0.0672. The Morgan fingerprint density at radius 1 is 1.36 bits per heavy atom. The molecule has 25 heavy (non-hydrogen) atoms. The first-order valence-electron chi connectivity index (χ1n) is 7.64. The largest absolute Gasteiger partial charge is 0.443 e. The first-order chi connectivity index (χ1) is 11.9. The monoisotopic (exact) mass is 350 g/mol. The molecule has 1 amide bonds. The number of rotatable bonds is 2. The van der Waals surface area contributed by atoms with Crippen molar-refractivity contribution in [3.05, 3.63) is 42.3 Å².